The molecule has 0 saturated carbocycles. The number of aromatic nitrogens is 3. The molecule has 0 spiro atoms. The van der Waals surface area contributed by atoms with E-state index in [-0.39, 0.29) is 5.92 Å². The van der Waals surface area contributed by atoms with Crippen LogP contribution in [0.4, 0.5) is 0 Å². The van der Waals surface area contributed by atoms with Gasteiger partial charge in [-0.1, -0.05) is 164 Å². The van der Waals surface area contributed by atoms with Crippen molar-refractivity contribution in [3.63, 3.8) is 0 Å². The van der Waals surface area contributed by atoms with Crippen LogP contribution in [-0.4, -0.2) is 15.0 Å². The second-order valence-corrected chi connectivity index (χ2v) is 13.0. The smallest absolute Gasteiger partial charge is 0.164 e. The lowest BCUT2D eigenvalue weighted by Crippen LogP contribution is -2.09. The molecular weight excluding hydrogens is 607 g/mol. The van der Waals surface area contributed by atoms with Gasteiger partial charge in [0, 0.05) is 17.1 Å². The number of rotatable bonds is 6. The Morgan fingerprint density at radius 2 is 1.10 bits per heavy atom. The van der Waals surface area contributed by atoms with Gasteiger partial charge in [0.05, 0.1) is 0 Å². The van der Waals surface area contributed by atoms with Gasteiger partial charge in [-0.2, -0.15) is 0 Å². The molecule has 6 aromatic carbocycles. The second kappa shape index (κ2) is 13.0. The second-order valence-electron chi connectivity index (χ2n) is 13.0. The van der Waals surface area contributed by atoms with E-state index >= 15 is 0 Å². The van der Waals surface area contributed by atoms with Gasteiger partial charge in [0.15, 0.2) is 17.5 Å². The molecule has 7 aromatic rings. The fraction of sp³-hybridized carbons (Fsp3) is 0.0851. The summed E-state index contributed by atoms with van der Waals surface area (Å²) in [4.78, 5) is 15.4. The largest absolute Gasteiger partial charge is 0.209 e. The minimum absolute atomic E-state index is 0.147. The van der Waals surface area contributed by atoms with Crippen LogP contribution in [0, 0.1) is 0 Å². The highest BCUT2D eigenvalue weighted by Crippen LogP contribution is 2.45. The first-order valence-corrected chi connectivity index (χ1v) is 17.5. The number of benzene rings is 6. The van der Waals surface area contributed by atoms with Crippen LogP contribution in [0.3, 0.4) is 0 Å². The predicted octanol–water partition coefficient (Wildman–Crippen LogP) is 12.0. The maximum absolute atomic E-state index is 5.19. The van der Waals surface area contributed by atoms with Crippen molar-refractivity contribution in [1.82, 2.24) is 15.0 Å². The molecule has 0 amide bonds. The molecule has 238 valence electrons. The predicted molar refractivity (Wildman–Crippen MR) is 208 cm³/mol. The van der Waals surface area contributed by atoms with Gasteiger partial charge in [0.1, 0.15) is 0 Å². The molecule has 1 atom stereocenters. The lowest BCUT2D eigenvalue weighted by molar-refractivity contribution is 0.864. The molecule has 0 bridgehead atoms. The lowest BCUT2D eigenvalue weighted by Gasteiger charge is -2.24. The molecule has 0 saturated heterocycles. The van der Waals surface area contributed by atoms with Gasteiger partial charge >= 0.3 is 0 Å². The van der Waals surface area contributed by atoms with Gasteiger partial charge < -0.3 is 0 Å². The van der Waals surface area contributed by atoms with Crippen LogP contribution < -0.4 is 0 Å². The van der Waals surface area contributed by atoms with Crippen molar-refractivity contribution >= 4 is 32.7 Å². The molecule has 1 unspecified atom stereocenters. The molecule has 0 N–H and O–H groups in total. The first-order chi connectivity index (χ1) is 24.8. The van der Waals surface area contributed by atoms with Crippen LogP contribution in [0.5, 0.6) is 0 Å². The minimum Gasteiger partial charge on any atom is -0.209 e. The van der Waals surface area contributed by atoms with Crippen LogP contribution >= 0.6 is 0 Å². The van der Waals surface area contributed by atoms with E-state index in [9.17, 15) is 0 Å². The average molecular weight is 642 g/mol. The maximum atomic E-state index is 5.19. The molecule has 2 aliphatic rings. The summed E-state index contributed by atoms with van der Waals surface area (Å²) in [6.07, 6.45) is 16.1. The van der Waals surface area contributed by atoms with Gasteiger partial charge in [0.2, 0.25) is 0 Å². The zero-order valence-electron chi connectivity index (χ0n) is 27.7. The lowest BCUT2D eigenvalue weighted by atomic mass is 9.80. The van der Waals surface area contributed by atoms with Gasteiger partial charge in [0.25, 0.3) is 0 Å². The molecule has 50 heavy (non-hydrogen) atoms. The third kappa shape index (κ3) is 5.57. The summed E-state index contributed by atoms with van der Waals surface area (Å²) in [6.45, 7) is 0. The zero-order valence-corrected chi connectivity index (χ0v) is 27.7. The Bertz CT molecular complexity index is 2450. The quantitative estimate of drug-likeness (QED) is 0.170. The van der Waals surface area contributed by atoms with E-state index in [0.717, 1.165) is 53.2 Å². The van der Waals surface area contributed by atoms with Crippen molar-refractivity contribution in [3.8, 4) is 33.6 Å². The SMILES string of the molecule is C1=CC(c2c3ccccc3c(-c3ccccc3)c3ccccc23)CC(c2nc(C3=CCCC=C3)nc(-c3cccc(-c4ccccc4)c3)n2)=C1. The summed E-state index contributed by atoms with van der Waals surface area (Å²) in [5.41, 5.74) is 9.32. The van der Waals surface area contributed by atoms with Crippen LogP contribution in [0.25, 0.3) is 66.3 Å². The molecule has 1 heterocycles. The Labute approximate surface area is 292 Å². The molecule has 9 rings (SSSR count). The van der Waals surface area contributed by atoms with Crippen LogP contribution in [-0.2, 0) is 0 Å². The van der Waals surface area contributed by atoms with Crippen LogP contribution in [0.15, 0.2) is 170 Å². The van der Waals surface area contributed by atoms with Gasteiger partial charge in [-0.15, -0.1) is 0 Å². The summed E-state index contributed by atoms with van der Waals surface area (Å²) < 4.78 is 0. The molecule has 3 heteroatoms. The third-order valence-electron chi connectivity index (χ3n) is 9.89. The number of fused-ring (bicyclic) bond motifs is 2. The Balaban J connectivity index is 1.16. The van der Waals surface area contributed by atoms with E-state index in [0.29, 0.717) is 5.82 Å². The molecule has 1 aromatic heterocycles. The fourth-order valence-corrected chi connectivity index (χ4v) is 7.55. The van der Waals surface area contributed by atoms with E-state index in [2.05, 4.69) is 164 Å². The first kappa shape index (κ1) is 29.9. The van der Waals surface area contributed by atoms with Crippen LogP contribution in [0.2, 0.25) is 0 Å². The number of hydrogen-bond donors (Lipinski definition) is 0. The Morgan fingerprint density at radius 1 is 0.500 bits per heavy atom. The number of allylic oxidation sites excluding steroid dienone is 8. The molecule has 2 aliphatic carbocycles. The van der Waals surface area contributed by atoms with Gasteiger partial charge in [-0.25, -0.2) is 15.0 Å². The molecule has 0 radical (unpaired) electrons. The van der Waals surface area contributed by atoms with Crippen molar-refractivity contribution in [3.05, 3.63) is 187 Å². The first-order valence-electron chi connectivity index (χ1n) is 17.5. The number of nitrogens with zero attached hydrogens (tertiary/aromatic N) is 3. The number of hydrogen-bond acceptors (Lipinski definition) is 3. The highest BCUT2D eigenvalue weighted by molar-refractivity contribution is 6.15. The zero-order chi connectivity index (χ0) is 33.3. The monoisotopic (exact) mass is 641 g/mol. The van der Waals surface area contributed by atoms with Crippen molar-refractivity contribution in [2.75, 3.05) is 0 Å². The van der Waals surface area contributed by atoms with E-state index in [1.807, 2.05) is 6.07 Å². The Hall–Kier alpha value is -6.19. The third-order valence-corrected chi connectivity index (χ3v) is 9.89. The van der Waals surface area contributed by atoms with Gasteiger partial charge in [-0.3, -0.25) is 0 Å². The van der Waals surface area contributed by atoms with Crippen LogP contribution in [0.1, 0.15) is 42.4 Å². The molecular formula is C47H35N3. The molecule has 0 aliphatic heterocycles. The summed E-state index contributed by atoms with van der Waals surface area (Å²) in [5, 5.41) is 5.12. The summed E-state index contributed by atoms with van der Waals surface area (Å²) >= 11 is 0. The maximum Gasteiger partial charge on any atom is 0.164 e. The Morgan fingerprint density at radius 3 is 1.80 bits per heavy atom. The highest BCUT2D eigenvalue weighted by Gasteiger charge is 2.24. The minimum atomic E-state index is 0.147. The Kier molecular flexibility index (Phi) is 7.79. The average Bonchev–Trinajstić information content (AvgIpc) is 3.21. The highest BCUT2D eigenvalue weighted by atomic mass is 15.0. The fourth-order valence-electron chi connectivity index (χ4n) is 7.55. The normalized spacial score (nSPS) is 15.6. The molecule has 3 nitrogen and oxygen atoms in total. The van der Waals surface area contributed by atoms with Crippen molar-refractivity contribution in [2.45, 2.75) is 25.2 Å². The standard InChI is InChI=1S/C47H35N3/c1-4-16-32(17-5-1)35-22-14-24-37(30-35)46-48-45(34-20-8-3-9-21-34)49-47(50-46)38-25-15-23-36(31-38)44-41-28-12-10-26-39(41)43(33-18-6-2-7-19-33)40-27-11-13-29-42(40)44/h1-2,4-8,10-30,36H,3,9,31H2. The topological polar surface area (TPSA) is 38.7 Å². The van der Waals surface area contributed by atoms with Crippen molar-refractivity contribution < 1.29 is 0 Å². The van der Waals surface area contributed by atoms with Gasteiger partial charge in [-0.05, 0) is 80.3 Å². The summed E-state index contributed by atoms with van der Waals surface area (Å²) in [7, 11) is 0. The molecule has 0 fully saturated rings. The van der Waals surface area contributed by atoms with Crippen molar-refractivity contribution in [2.24, 2.45) is 0 Å². The summed E-state index contributed by atoms with van der Waals surface area (Å²) in [6, 6.07) is 47.5. The van der Waals surface area contributed by atoms with Crippen molar-refractivity contribution in [1.29, 1.82) is 0 Å². The van der Waals surface area contributed by atoms with E-state index < -0.39 is 0 Å². The summed E-state index contributed by atoms with van der Waals surface area (Å²) in [5.74, 6) is 2.30. The van der Waals surface area contributed by atoms with E-state index in [4.69, 9.17) is 15.0 Å². The van der Waals surface area contributed by atoms with E-state index in [1.165, 1.54) is 43.8 Å². The van der Waals surface area contributed by atoms with E-state index in [1.54, 1.807) is 0 Å².